The molecule has 0 amide bonds. The van der Waals surface area contributed by atoms with Gasteiger partial charge in [-0.05, 0) is 32.9 Å². The molecule has 1 aliphatic rings. The number of aliphatic hydroxyl groups is 1. The Morgan fingerprint density at radius 3 is 2.54 bits per heavy atom. The summed E-state index contributed by atoms with van der Waals surface area (Å²) >= 11 is 0. The van der Waals surface area contributed by atoms with Crippen LogP contribution in [0.5, 0.6) is 0 Å². The largest absolute Gasteiger partial charge is 0.395 e. The van der Waals surface area contributed by atoms with E-state index in [0.717, 1.165) is 19.0 Å². The van der Waals surface area contributed by atoms with Gasteiger partial charge < -0.3 is 15.3 Å². The first-order valence-corrected chi connectivity index (χ1v) is 5.23. The normalized spacial score (nSPS) is 20.3. The Labute approximate surface area is 81.1 Å². The van der Waals surface area contributed by atoms with Gasteiger partial charge in [-0.1, -0.05) is 6.42 Å². The van der Waals surface area contributed by atoms with Gasteiger partial charge in [0.2, 0.25) is 0 Å². The zero-order valence-electron chi connectivity index (χ0n) is 8.79. The molecule has 1 unspecified atom stereocenters. The summed E-state index contributed by atoms with van der Waals surface area (Å²) in [7, 11) is 4.14. The van der Waals surface area contributed by atoms with Crippen LogP contribution in [0, 0.1) is 5.92 Å². The number of hydrogen-bond acceptors (Lipinski definition) is 3. The summed E-state index contributed by atoms with van der Waals surface area (Å²) in [5, 5.41) is 12.6. The fourth-order valence-electron chi connectivity index (χ4n) is 1.70. The monoisotopic (exact) mass is 186 g/mol. The number of nitrogens with one attached hydrogen (secondary N) is 1. The predicted octanol–water partition coefficient (Wildman–Crippen LogP) is 0.299. The molecule has 0 spiro atoms. The van der Waals surface area contributed by atoms with Gasteiger partial charge in [0.05, 0.1) is 6.61 Å². The van der Waals surface area contributed by atoms with Crippen molar-refractivity contribution in [2.45, 2.75) is 25.3 Å². The van der Waals surface area contributed by atoms with E-state index in [9.17, 15) is 0 Å². The van der Waals surface area contributed by atoms with Crippen LogP contribution in [0.3, 0.4) is 0 Å². The summed E-state index contributed by atoms with van der Waals surface area (Å²) in [6, 6.07) is 0.341. The van der Waals surface area contributed by atoms with E-state index in [1.54, 1.807) is 0 Å². The second kappa shape index (κ2) is 5.58. The molecule has 1 rings (SSSR count). The topological polar surface area (TPSA) is 35.5 Å². The summed E-state index contributed by atoms with van der Waals surface area (Å²) in [4.78, 5) is 2.15. The van der Waals surface area contributed by atoms with Crippen molar-refractivity contribution in [3.05, 3.63) is 0 Å². The van der Waals surface area contributed by atoms with E-state index in [-0.39, 0.29) is 6.61 Å². The molecule has 1 fully saturated rings. The van der Waals surface area contributed by atoms with E-state index < -0.39 is 0 Å². The number of aliphatic hydroxyl groups excluding tert-OH is 1. The highest BCUT2D eigenvalue weighted by molar-refractivity contribution is 4.82. The Bertz CT molecular complexity index is 135. The van der Waals surface area contributed by atoms with Crippen molar-refractivity contribution in [2.24, 2.45) is 5.92 Å². The van der Waals surface area contributed by atoms with Crippen LogP contribution in [0.1, 0.15) is 19.3 Å². The van der Waals surface area contributed by atoms with Crippen molar-refractivity contribution in [1.29, 1.82) is 0 Å². The van der Waals surface area contributed by atoms with Gasteiger partial charge >= 0.3 is 0 Å². The molecule has 0 heterocycles. The molecule has 78 valence electrons. The fraction of sp³-hybridized carbons (Fsp3) is 1.00. The lowest BCUT2D eigenvalue weighted by Gasteiger charge is -2.33. The van der Waals surface area contributed by atoms with Crippen LogP contribution in [-0.2, 0) is 0 Å². The van der Waals surface area contributed by atoms with Crippen molar-refractivity contribution >= 4 is 0 Å². The zero-order chi connectivity index (χ0) is 9.68. The molecule has 0 radical (unpaired) electrons. The molecule has 1 saturated carbocycles. The molecule has 0 aromatic carbocycles. The molecule has 1 atom stereocenters. The van der Waals surface area contributed by atoms with Crippen LogP contribution in [0.4, 0.5) is 0 Å². The quantitative estimate of drug-likeness (QED) is 0.626. The molecule has 1 aliphatic carbocycles. The average molecular weight is 186 g/mol. The van der Waals surface area contributed by atoms with Gasteiger partial charge in [0, 0.05) is 19.1 Å². The molecule has 13 heavy (non-hydrogen) atoms. The molecule has 0 aromatic rings. The lowest BCUT2D eigenvalue weighted by Crippen LogP contribution is -2.44. The minimum Gasteiger partial charge on any atom is -0.395 e. The Morgan fingerprint density at radius 1 is 1.46 bits per heavy atom. The van der Waals surface area contributed by atoms with Crippen molar-refractivity contribution in [1.82, 2.24) is 10.2 Å². The van der Waals surface area contributed by atoms with Crippen LogP contribution in [0.15, 0.2) is 0 Å². The van der Waals surface area contributed by atoms with Crippen molar-refractivity contribution in [2.75, 3.05) is 33.8 Å². The zero-order valence-corrected chi connectivity index (χ0v) is 8.79. The standard InChI is InChI=1S/C10H22N2O/c1-12(2)7-6-11-10(8-13)9-4-3-5-9/h9-11,13H,3-8H2,1-2H3. The first kappa shape index (κ1) is 11.0. The number of nitrogens with zero attached hydrogens (tertiary/aromatic N) is 1. The molecular weight excluding hydrogens is 164 g/mol. The molecule has 2 N–H and O–H groups in total. The second-order valence-corrected chi connectivity index (χ2v) is 4.24. The first-order chi connectivity index (χ1) is 6.24. The lowest BCUT2D eigenvalue weighted by atomic mass is 9.80. The van der Waals surface area contributed by atoms with Gasteiger partial charge in [0.1, 0.15) is 0 Å². The molecular formula is C10H22N2O. The van der Waals surface area contributed by atoms with Gasteiger partial charge in [-0.3, -0.25) is 0 Å². The van der Waals surface area contributed by atoms with Crippen LogP contribution in [-0.4, -0.2) is 49.8 Å². The lowest BCUT2D eigenvalue weighted by molar-refractivity contribution is 0.147. The summed E-state index contributed by atoms with van der Waals surface area (Å²) < 4.78 is 0. The summed E-state index contributed by atoms with van der Waals surface area (Å²) in [6.45, 7) is 2.32. The molecule has 3 nitrogen and oxygen atoms in total. The van der Waals surface area contributed by atoms with E-state index in [2.05, 4.69) is 24.3 Å². The minimum atomic E-state index is 0.290. The number of hydrogen-bond donors (Lipinski definition) is 2. The van der Waals surface area contributed by atoms with Crippen molar-refractivity contribution < 1.29 is 5.11 Å². The summed E-state index contributed by atoms with van der Waals surface area (Å²) in [5.74, 6) is 0.729. The molecule has 0 aromatic heterocycles. The van der Waals surface area contributed by atoms with Crippen LogP contribution >= 0.6 is 0 Å². The maximum absolute atomic E-state index is 9.15. The van der Waals surface area contributed by atoms with E-state index >= 15 is 0 Å². The Morgan fingerprint density at radius 2 is 2.15 bits per heavy atom. The van der Waals surface area contributed by atoms with E-state index in [1.165, 1.54) is 19.3 Å². The maximum atomic E-state index is 9.15. The SMILES string of the molecule is CN(C)CCNC(CO)C1CCC1. The Balaban J connectivity index is 2.08. The van der Waals surface area contributed by atoms with Crippen LogP contribution < -0.4 is 5.32 Å². The third kappa shape index (κ3) is 3.63. The average Bonchev–Trinajstić information content (AvgIpc) is 1.98. The Kier molecular flexibility index (Phi) is 4.70. The van der Waals surface area contributed by atoms with Gasteiger partial charge in [-0.15, -0.1) is 0 Å². The van der Waals surface area contributed by atoms with Gasteiger partial charge in [0.25, 0.3) is 0 Å². The third-order valence-corrected chi connectivity index (χ3v) is 2.88. The second-order valence-electron chi connectivity index (χ2n) is 4.24. The number of rotatable bonds is 6. The predicted molar refractivity (Wildman–Crippen MR) is 54.8 cm³/mol. The van der Waals surface area contributed by atoms with Crippen molar-refractivity contribution in [3.63, 3.8) is 0 Å². The van der Waals surface area contributed by atoms with E-state index in [0.29, 0.717) is 6.04 Å². The van der Waals surface area contributed by atoms with Gasteiger partial charge in [-0.25, -0.2) is 0 Å². The van der Waals surface area contributed by atoms with E-state index in [4.69, 9.17) is 5.11 Å². The maximum Gasteiger partial charge on any atom is 0.0587 e. The molecule has 0 bridgehead atoms. The first-order valence-electron chi connectivity index (χ1n) is 5.23. The Hall–Kier alpha value is -0.120. The van der Waals surface area contributed by atoms with Gasteiger partial charge in [-0.2, -0.15) is 0 Å². The highest BCUT2D eigenvalue weighted by Crippen LogP contribution is 2.29. The van der Waals surface area contributed by atoms with E-state index in [1.807, 2.05) is 0 Å². The summed E-state index contributed by atoms with van der Waals surface area (Å²) in [6.07, 6.45) is 3.93. The molecule has 0 saturated heterocycles. The molecule has 0 aliphatic heterocycles. The van der Waals surface area contributed by atoms with Crippen molar-refractivity contribution in [3.8, 4) is 0 Å². The van der Waals surface area contributed by atoms with Crippen LogP contribution in [0.2, 0.25) is 0 Å². The number of likely N-dealkylation sites (N-methyl/N-ethyl adjacent to an activating group) is 1. The van der Waals surface area contributed by atoms with Gasteiger partial charge in [0.15, 0.2) is 0 Å². The third-order valence-electron chi connectivity index (χ3n) is 2.88. The highest BCUT2D eigenvalue weighted by Gasteiger charge is 2.25. The fourth-order valence-corrected chi connectivity index (χ4v) is 1.70. The molecule has 3 heteroatoms. The smallest absolute Gasteiger partial charge is 0.0587 e. The van der Waals surface area contributed by atoms with Crippen LogP contribution in [0.25, 0.3) is 0 Å². The minimum absolute atomic E-state index is 0.290. The highest BCUT2D eigenvalue weighted by atomic mass is 16.3. The summed E-state index contributed by atoms with van der Waals surface area (Å²) in [5.41, 5.74) is 0.